The normalized spacial score (nSPS) is 11.3. The van der Waals surface area contributed by atoms with Gasteiger partial charge in [-0.05, 0) is 43.9 Å². The first-order valence-corrected chi connectivity index (χ1v) is 6.48. The maximum Gasteiger partial charge on any atom is 0.252 e. The van der Waals surface area contributed by atoms with Crippen LogP contribution in [0.5, 0.6) is 0 Å². The van der Waals surface area contributed by atoms with Gasteiger partial charge in [0.15, 0.2) is 0 Å². The molecule has 1 aromatic heterocycles. The average molecular weight is 249 g/mol. The standard InChI is InChI=1S/C14H23N3O/c1-4-14(5-2,9-15)10-17-13(18)12-7-6-11(3)16-8-12/h6-8H,4-5,9-10,15H2,1-3H3,(H,17,18). The summed E-state index contributed by atoms with van der Waals surface area (Å²) in [5.74, 6) is -0.0813. The molecule has 4 nitrogen and oxygen atoms in total. The molecule has 1 amide bonds. The lowest BCUT2D eigenvalue weighted by Crippen LogP contribution is -2.41. The number of amides is 1. The van der Waals surface area contributed by atoms with Crippen molar-refractivity contribution >= 4 is 5.91 Å². The molecule has 0 bridgehead atoms. The van der Waals surface area contributed by atoms with Gasteiger partial charge in [-0.3, -0.25) is 9.78 Å². The molecule has 0 saturated carbocycles. The zero-order valence-electron chi connectivity index (χ0n) is 11.5. The Morgan fingerprint density at radius 3 is 2.50 bits per heavy atom. The number of nitrogens with zero attached hydrogens (tertiary/aromatic N) is 1. The van der Waals surface area contributed by atoms with Gasteiger partial charge in [0.05, 0.1) is 5.56 Å². The van der Waals surface area contributed by atoms with E-state index < -0.39 is 0 Å². The Morgan fingerprint density at radius 1 is 1.39 bits per heavy atom. The van der Waals surface area contributed by atoms with Gasteiger partial charge in [-0.25, -0.2) is 0 Å². The van der Waals surface area contributed by atoms with Gasteiger partial charge in [0.2, 0.25) is 0 Å². The highest BCUT2D eigenvalue weighted by Crippen LogP contribution is 2.23. The summed E-state index contributed by atoms with van der Waals surface area (Å²) in [5.41, 5.74) is 7.32. The Labute approximate surface area is 109 Å². The fourth-order valence-electron chi connectivity index (χ4n) is 1.83. The summed E-state index contributed by atoms with van der Waals surface area (Å²) >= 11 is 0. The summed E-state index contributed by atoms with van der Waals surface area (Å²) in [5, 5.41) is 2.95. The Bertz CT molecular complexity index is 374. The minimum absolute atomic E-state index is 0.00772. The third-order valence-corrected chi connectivity index (χ3v) is 3.73. The van der Waals surface area contributed by atoms with Crippen molar-refractivity contribution in [2.75, 3.05) is 13.1 Å². The van der Waals surface area contributed by atoms with Gasteiger partial charge in [-0.1, -0.05) is 13.8 Å². The first-order chi connectivity index (χ1) is 8.56. The molecule has 0 spiro atoms. The van der Waals surface area contributed by atoms with Crippen molar-refractivity contribution in [1.82, 2.24) is 10.3 Å². The Kier molecular flexibility index (Phi) is 5.28. The molecule has 3 N–H and O–H groups in total. The number of nitrogens with one attached hydrogen (secondary N) is 1. The highest BCUT2D eigenvalue weighted by atomic mass is 16.1. The lowest BCUT2D eigenvalue weighted by Gasteiger charge is -2.30. The summed E-state index contributed by atoms with van der Waals surface area (Å²) in [6, 6.07) is 3.63. The number of nitrogens with two attached hydrogens (primary N) is 1. The van der Waals surface area contributed by atoms with Gasteiger partial charge in [-0.15, -0.1) is 0 Å². The van der Waals surface area contributed by atoms with Gasteiger partial charge in [0.25, 0.3) is 5.91 Å². The van der Waals surface area contributed by atoms with Crippen LogP contribution in [0.3, 0.4) is 0 Å². The maximum absolute atomic E-state index is 12.0. The Hall–Kier alpha value is -1.42. The second-order valence-corrected chi connectivity index (χ2v) is 4.78. The third kappa shape index (κ3) is 3.53. The number of hydrogen-bond donors (Lipinski definition) is 2. The second kappa shape index (κ2) is 6.50. The predicted octanol–water partition coefficient (Wildman–Crippen LogP) is 1.88. The van der Waals surface area contributed by atoms with Crippen molar-refractivity contribution in [2.24, 2.45) is 11.1 Å². The molecule has 1 heterocycles. The quantitative estimate of drug-likeness (QED) is 0.809. The molecule has 0 unspecified atom stereocenters. The molecule has 1 aromatic rings. The van der Waals surface area contributed by atoms with E-state index in [-0.39, 0.29) is 11.3 Å². The Balaban J connectivity index is 2.63. The van der Waals surface area contributed by atoms with E-state index in [1.807, 2.05) is 13.0 Å². The number of carbonyl (C=O) groups excluding carboxylic acids is 1. The molecule has 1 rings (SSSR count). The molecule has 0 saturated heterocycles. The molecule has 0 aliphatic rings. The smallest absolute Gasteiger partial charge is 0.252 e. The van der Waals surface area contributed by atoms with E-state index in [9.17, 15) is 4.79 Å². The number of hydrogen-bond acceptors (Lipinski definition) is 3. The van der Waals surface area contributed by atoms with E-state index in [2.05, 4.69) is 24.1 Å². The second-order valence-electron chi connectivity index (χ2n) is 4.78. The SMILES string of the molecule is CCC(CC)(CN)CNC(=O)c1ccc(C)nc1. The monoisotopic (exact) mass is 249 g/mol. The zero-order valence-corrected chi connectivity index (χ0v) is 11.5. The minimum atomic E-state index is -0.0813. The molecule has 18 heavy (non-hydrogen) atoms. The molecule has 0 radical (unpaired) electrons. The van der Waals surface area contributed by atoms with Crippen LogP contribution >= 0.6 is 0 Å². The van der Waals surface area contributed by atoms with Gasteiger partial charge in [-0.2, -0.15) is 0 Å². The summed E-state index contributed by atoms with van der Waals surface area (Å²) in [6.07, 6.45) is 3.53. The van der Waals surface area contributed by atoms with Crippen LogP contribution in [0, 0.1) is 12.3 Å². The van der Waals surface area contributed by atoms with Crippen LogP contribution < -0.4 is 11.1 Å². The van der Waals surface area contributed by atoms with Crippen LogP contribution in [0.1, 0.15) is 42.7 Å². The largest absolute Gasteiger partial charge is 0.351 e. The summed E-state index contributed by atoms with van der Waals surface area (Å²) in [7, 11) is 0. The maximum atomic E-state index is 12.0. The van der Waals surface area contributed by atoms with Crippen molar-refractivity contribution in [1.29, 1.82) is 0 Å². The first-order valence-electron chi connectivity index (χ1n) is 6.48. The number of rotatable bonds is 6. The van der Waals surface area contributed by atoms with Crippen LogP contribution in [-0.4, -0.2) is 24.0 Å². The van der Waals surface area contributed by atoms with Crippen LogP contribution in [0.2, 0.25) is 0 Å². The van der Waals surface area contributed by atoms with E-state index in [4.69, 9.17) is 5.73 Å². The fraction of sp³-hybridized carbons (Fsp3) is 0.571. The van der Waals surface area contributed by atoms with E-state index >= 15 is 0 Å². The number of aromatic nitrogens is 1. The van der Waals surface area contributed by atoms with Crippen LogP contribution in [0.15, 0.2) is 18.3 Å². The van der Waals surface area contributed by atoms with Gasteiger partial charge >= 0.3 is 0 Å². The van der Waals surface area contributed by atoms with Crippen molar-refractivity contribution in [3.05, 3.63) is 29.6 Å². The molecule has 0 aliphatic heterocycles. The zero-order chi connectivity index (χ0) is 13.6. The molecular formula is C14H23N3O. The summed E-state index contributed by atoms with van der Waals surface area (Å²) in [6.45, 7) is 7.32. The predicted molar refractivity (Wildman–Crippen MR) is 73.4 cm³/mol. The van der Waals surface area contributed by atoms with Crippen molar-refractivity contribution in [2.45, 2.75) is 33.6 Å². The summed E-state index contributed by atoms with van der Waals surface area (Å²) in [4.78, 5) is 16.1. The molecule has 0 atom stereocenters. The third-order valence-electron chi connectivity index (χ3n) is 3.73. The first kappa shape index (κ1) is 14.6. The van der Waals surface area contributed by atoms with E-state index in [0.717, 1.165) is 18.5 Å². The van der Waals surface area contributed by atoms with Gasteiger partial charge < -0.3 is 11.1 Å². The summed E-state index contributed by atoms with van der Waals surface area (Å²) < 4.78 is 0. The van der Waals surface area contributed by atoms with Crippen molar-refractivity contribution in [3.8, 4) is 0 Å². The lowest BCUT2D eigenvalue weighted by atomic mass is 9.82. The van der Waals surface area contributed by atoms with Crippen LogP contribution in [0.25, 0.3) is 0 Å². The molecule has 4 heteroatoms. The highest BCUT2D eigenvalue weighted by molar-refractivity contribution is 5.93. The van der Waals surface area contributed by atoms with E-state index in [0.29, 0.717) is 18.7 Å². The van der Waals surface area contributed by atoms with Crippen molar-refractivity contribution < 1.29 is 4.79 Å². The topological polar surface area (TPSA) is 68.0 Å². The molecular weight excluding hydrogens is 226 g/mol. The molecule has 0 aliphatic carbocycles. The van der Waals surface area contributed by atoms with Crippen LogP contribution in [0.4, 0.5) is 0 Å². The lowest BCUT2D eigenvalue weighted by molar-refractivity contribution is 0.0927. The Morgan fingerprint density at radius 2 is 2.06 bits per heavy atom. The highest BCUT2D eigenvalue weighted by Gasteiger charge is 2.25. The fourth-order valence-corrected chi connectivity index (χ4v) is 1.83. The molecule has 0 aromatic carbocycles. The molecule has 0 fully saturated rings. The molecule has 100 valence electrons. The number of carbonyl (C=O) groups is 1. The number of aryl methyl sites for hydroxylation is 1. The van der Waals surface area contributed by atoms with Crippen molar-refractivity contribution in [3.63, 3.8) is 0 Å². The van der Waals surface area contributed by atoms with Gasteiger partial charge in [0, 0.05) is 18.4 Å². The average Bonchev–Trinajstić information content (AvgIpc) is 2.41. The van der Waals surface area contributed by atoms with E-state index in [1.165, 1.54) is 0 Å². The van der Waals surface area contributed by atoms with Gasteiger partial charge in [0.1, 0.15) is 0 Å². The minimum Gasteiger partial charge on any atom is -0.351 e. The van der Waals surface area contributed by atoms with Crippen LogP contribution in [-0.2, 0) is 0 Å². The van der Waals surface area contributed by atoms with E-state index in [1.54, 1.807) is 12.3 Å². The number of pyridine rings is 1.